The van der Waals surface area contributed by atoms with Crippen LogP contribution in [0.4, 0.5) is 0 Å². The lowest BCUT2D eigenvalue weighted by molar-refractivity contribution is 0.0264. The van der Waals surface area contributed by atoms with E-state index in [1.54, 1.807) is 6.33 Å². The van der Waals surface area contributed by atoms with E-state index in [4.69, 9.17) is 4.74 Å². The van der Waals surface area contributed by atoms with E-state index in [1.807, 2.05) is 13.1 Å². The third-order valence-corrected chi connectivity index (χ3v) is 2.51. The molecule has 0 saturated carbocycles. The van der Waals surface area contributed by atoms with Crippen molar-refractivity contribution in [1.82, 2.24) is 14.9 Å². The van der Waals surface area contributed by atoms with Crippen molar-refractivity contribution in [3.05, 3.63) is 18.2 Å². The summed E-state index contributed by atoms with van der Waals surface area (Å²) in [5.74, 6) is 6.18. The van der Waals surface area contributed by atoms with Gasteiger partial charge < -0.3 is 9.72 Å². The zero-order valence-corrected chi connectivity index (χ0v) is 8.86. The van der Waals surface area contributed by atoms with Gasteiger partial charge in [-0.2, -0.15) is 0 Å². The molecule has 1 aromatic rings. The number of aromatic nitrogens is 2. The summed E-state index contributed by atoms with van der Waals surface area (Å²) in [6, 6.07) is 0.126. The first-order valence-corrected chi connectivity index (χ1v) is 5.14. The number of nitrogens with one attached hydrogen (secondary N) is 1. The molecule has 0 amide bonds. The number of aromatic amines is 1. The lowest BCUT2D eigenvalue weighted by Gasteiger charge is -2.30. The van der Waals surface area contributed by atoms with Gasteiger partial charge in [0.1, 0.15) is 6.04 Å². The Kier molecular flexibility index (Phi) is 3.38. The van der Waals surface area contributed by atoms with Gasteiger partial charge in [-0.15, -0.1) is 5.92 Å². The Morgan fingerprint density at radius 2 is 2.33 bits per heavy atom. The molecule has 1 aliphatic heterocycles. The smallest absolute Gasteiger partial charge is 0.114 e. The second-order valence-corrected chi connectivity index (χ2v) is 3.45. The van der Waals surface area contributed by atoms with Crippen LogP contribution in [-0.2, 0) is 4.74 Å². The van der Waals surface area contributed by atoms with E-state index in [9.17, 15) is 0 Å². The Labute approximate surface area is 89.6 Å². The minimum absolute atomic E-state index is 0.126. The number of morpholine rings is 1. The fourth-order valence-corrected chi connectivity index (χ4v) is 1.75. The van der Waals surface area contributed by atoms with Gasteiger partial charge in [0.05, 0.1) is 31.4 Å². The molecule has 0 bridgehead atoms. The van der Waals surface area contributed by atoms with Gasteiger partial charge in [-0.25, -0.2) is 4.98 Å². The van der Waals surface area contributed by atoms with E-state index in [0.29, 0.717) is 0 Å². The Morgan fingerprint density at radius 1 is 1.53 bits per heavy atom. The summed E-state index contributed by atoms with van der Waals surface area (Å²) in [6.07, 6.45) is 3.53. The van der Waals surface area contributed by atoms with Crippen molar-refractivity contribution in [3.8, 4) is 11.8 Å². The minimum Gasteiger partial charge on any atom is -0.379 e. The fourth-order valence-electron chi connectivity index (χ4n) is 1.75. The van der Waals surface area contributed by atoms with Crippen molar-refractivity contribution >= 4 is 0 Å². The second kappa shape index (κ2) is 4.96. The van der Waals surface area contributed by atoms with Crippen molar-refractivity contribution in [2.45, 2.75) is 13.0 Å². The summed E-state index contributed by atoms with van der Waals surface area (Å²) in [7, 11) is 0. The molecule has 1 aromatic heterocycles. The third-order valence-electron chi connectivity index (χ3n) is 2.51. The van der Waals surface area contributed by atoms with Crippen molar-refractivity contribution in [2.75, 3.05) is 26.3 Å². The largest absolute Gasteiger partial charge is 0.379 e. The number of hydrogen-bond acceptors (Lipinski definition) is 3. The average molecular weight is 205 g/mol. The molecular weight excluding hydrogens is 190 g/mol. The van der Waals surface area contributed by atoms with Crippen molar-refractivity contribution in [2.24, 2.45) is 0 Å². The summed E-state index contributed by atoms with van der Waals surface area (Å²) in [6.45, 7) is 5.30. The molecule has 0 aliphatic carbocycles. The highest BCUT2D eigenvalue weighted by Gasteiger charge is 2.21. The molecule has 15 heavy (non-hydrogen) atoms. The molecule has 0 aromatic carbocycles. The minimum atomic E-state index is 0.126. The molecule has 4 heteroatoms. The highest BCUT2D eigenvalue weighted by atomic mass is 16.5. The molecule has 1 N–H and O–H groups in total. The van der Waals surface area contributed by atoms with E-state index >= 15 is 0 Å². The van der Waals surface area contributed by atoms with Crippen LogP contribution in [0.2, 0.25) is 0 Å². The van der Waals surface area contributed by atoms with E-state index < -0.39 is 0 Å². The van der Waals surface area contributed by atoms with Crippen LogP contribution in [-0.4, -0.2) is 41.2 Å². The monoisotopic (exact) mass is 205 g/mol. The van der Waals surface area contributed by atoms with Gasteiger partial charge in [-0.05, 0) is 6.92 Å². The number of rotatable bonds is 2. The van der Waals surface area contributed by atoms with E-state index in [-0.39, 0.29) is 6.04 Å². The Hall–Kier alpha value is -1.31. The molecule has 1 aliphatic rings. The first-order valence-electron chi connectivity index (χ1n) is 5.14. The molecule has 0 radical (unpaired) electrons. The molecule has 2 heterocycles. The summed E-state index contributed by atoms with van der Waals surface area (Å²) in [4.78, 5) is 9.48. The highest BCUT2D eigenvalue weighted by Crippen LogP contribution is 2.18. The number of ether oxygens (including phenoxy) is 1. The molecule has 1 saturated heterocycles. The van der Waals surface area contributed by atoms with Crippen LogP contribution in [0.5, 0.6) is 0 Å². The van der Waals surface area contributed by atoms with Crippen LogP contribution in [0, 0.1) is 11.8 Å². The van der Waals surface area contributed by atoms with E-state index in [2.05, 4.69) is 26.7 Å². The molecule has 80 valence electrons. The molecule has 1 unspecified atom stereocenters. The van der Waals surface area contributed by atoms with Crippen molar-refractivity contribution in [1.29, 1.82) is 0 Å². The number of H-pyrrole nitrogens is 1. The Bertz CT molecular complexity index is 344. The topological polar surface area (TPSA) is 41.2 Å². The quantitative estimate of drug-likeness (QED) is 0.726. The van der Waals surface area contributed by atoms with Crippen LogP contribution in [0.3, 0.4) is 0 Å². The maximum absolute atomic E-state index is 5.33. The number of nitrogens with zero attached hydrogens (tertiary/aromatic N) is 2. The first kappa shape index (κ1) is 10.2. The normalized spacial score (nSPS) is 19.3. The summed E-state index contributed by atoms with van der Waals surface area (Å²) in [5.41, 5.74) is 1.06. The summed E-state index contributed by atoms with van der Waals surface area (Å²) >= 11 is 0. The average Bonchev–Trinajstić information content (AvgIpc) is 2.80. The van der Waals surface area contributed by atoms with E-state index in [1.165, 1.54) is 0 Å². The maximum Gasteiger partial charge on any atom is 0.114 e. The predicted molar refractivity (Wildman–Crippen MR) is 57.2 cm³/mol. The van der Waals surface area contributed by atoms with Gasteiger partial charge >= 0.3 is 0 Å². The third kappa shape index (κ3) is 2.38. The summed E-state index contributed by atoms with van der Waals surface area (Å²) in [5, 5.41) is 0. The second-order valence-electron chi connectivity index (χ2n) is 3.45. The van der Waals surface area contributed by atoms with Crippen LogP contribution in [0.15, 0.2) is 12.5 Å². The highest BCUT2D eigenvalue weighted by molar-refractivity contribution is 5.18. The molecule has 2 rings (SSSR count). The van der Waals surface area contributed by atoms with Gasteiger partial charge in [0.15, 0.2) is 0 Å². The molecule has 1 fully saturated rings. The molecular formula is C11H15N3O. The Balaban J connectivity index is 2.14. The van der Waals surface area contributed by atoms with Gasteiger partial charge in [0, 0.05) is 13.1 Å². The molecule has 1 atom stereocenters. The van der Waals surface area contributed by atoms with E-state index in [0.717, 1.165) is 32.0 Å². The van der Waals surface area contributed by atoms with Gasteiger partial charge in [0.25, 0.3) is 0 Å². The van der Waals surface area contributed by atoms with Crippen LogP contribution >= 0.6 is 0 Å². The van der Waals surface area contributed by atoms with Crippen LogP contribution in [0.1, 0.15) is 18.7 Å². The lowest BCUT2D eigenvalue weighted by Crippen LogP contribution is -2.38. The zero-order valence-electron chi connectivity index (χ0n) is 8.86. The van der Waals surface area contributed by atoms with Crippen molar-refractivity contribution in [3.63, 3.8) is 0 Å². The van der Waals surface area contributed by atoms with Gasteiger partial charge in [-0.1, -0.05) is 5.92 Å². The predicted octanol–water partition coefficient (Wildman–Crippen LogP) is 0.806. The zero-order chi connectivity index (χ0) is 10.5. The van der Waals surface area contributed by atoms with Crippen LogP contribution < -0.4 is 0 Å². The number of imidazole rings is 1. The maximum atomic E-state index is 5.33. The fraction of sp³-hybridized carbons (Fsp3) is 0.545. The van der Waals surface area contributed by atoms with Gasteiger partial charge in [0.2, 0.25) is 0 Å². The SMILES string of the molecule is CC#CC(c1cnc[nH]1)N1CCOCC1. The summed E-state index contributed by atoms with van der Waals surface area (Å²) < 4.78 is 5.33. The molecule has 0 spiro atoms. The van der Waals surface area contributed by atoms with Gasteiger partial charge in [-0.3, -0.25) is 4.90 Å². The standard InChI is InChI=1S/C11H15N3O/c1-2-3-11(10-8-12-9-13-10)14-4-6-15-7-5-14/h8-9,11H,4-7H2,1H3,(H,12,13). The molecule has 4 nitrogen and oxygen atoms in total. The number of hydrogen-bond donors (Lipinski definition) is 1. The Morgan fingerprint density at radius 3 is 2.93 bits per heavy atom. The lowest BCUT2D eigenvalue weighted by atomic mass is 10.2. The van der Waals surface area contributed by atoms with Crippen molar-refractivity contribution < 1.29 is 4.74 Å². The first-order chi connectivity index (χ1) is 7.42. The van der Waals surface area contributed by atoms with Crippen LogP contribution in [0.25, 0.3) is 0 Å².